The van der Waals surface area contributed by atoms with Crippen LogP contribution >= 0.6 is 0 Å². The first-order chi connectivity index (χ1) is 11.8. The summed E-state index contributed by atoms with van der Waals surface area (Å²) in [6.45, 7) is 5.49. The Morgan fingerprint density at radius 3 is 2.76 bits per heavy atom. The minimum atomic E-state index is -0.713. The minimum Gasteiger partial charge on any atom is -0.344 e. The lowest BCUT2D eigenvalue weighted by atomic mass is 9.82. The topological polar surface area (TPSA) is 74.8 Å². The van der Waals surface area contributed by atoms with Gasteiger partial charge in [-0.3, -0.25) is 9.59 Å². The molecule has 1 aromatic heterocycles. The number of fused-ring (bicyclic) bond motifs is 1. The average molecular weight is 339 g/mol. The van der Waals surface area contributed by atoms with Crippen molar-refractivity contribution in [1.29, 1.82) is 0 Å². The van der Waals surface area contributed by atoms with E-state index in [9.17, 15) is 9.59 Å². The molecule has 2 aromatic rings. The van der Waals surface area contributed by atoms with E-state index in [4.69, 9.17) is 0 Å². The van der Waals surface area contributed by atoms with Gasteiger partial charge in [0.15, 0.2) is 0 Å². The lowest BCUT2D eigenvalue weighted by Gasteiger charge is -2.28. The van der Waals surface area contributed by atoms with Crippen LogP contribution in [0.15, 0.2) is 35.1 Å². The second kappa shape index (κ2) is 6.82. The number of hydrogen-bond acceptors (Lipinski definition) is 3. The SMILES string of the molecule is Cc1cc(=O)[nH]c(C(C)(C)NC(=O)CC2CCc3ccccc3C2)n1. The Morgan fingerprint density at radius 2 is 2.04 bits per heavy atom. The molecule has 1 aromatic carbocycles. The highest BCUT2D eigenvalue weighted by Crippen LogP contribution is 2.27. The summed E-state index contributed by atoms with van der Waals surface area (Å²) in [6.07, 6.45) is 3.51. The molecule has 132 valence electrons. The molecule has 0 bridgehead atoms. The molecule has 3 rings (SSSR count). The van der Waals surface area contributed by atoms with Crippen LogP contribution in [0.4, 0.5) is 0 Å². The van der Waals surface area contributed by atoms with Crippen LogP contribution < -0.4 is 10.9 Å². The number of aromatic nitrogens is 2. The summed E-state index contributed by atoms with van der Waals surface area (Å²) in [5.74, 6) is 0.841. The minimum absolute atomic E-state index is 0.00136. The van der Waals surface area contributed by atoms with E-state index in [1.807, 2.05) is 13.8 Å². The van der Waals surface area contributed by atoms with Crippen LogP contribution in [0.25, 0.3) is 0 Å². The largest absolute Gasteiger partial charge is 0.344 e. The molecule has 5 heteroatoms. The van der Waals surface area contributed by atoms with Crippen molar-refractivity contribution in [1.82, 2.24) is 15.3 Å². The summed E-state index contributed by atoms with van der Waals surface area (Å²) in [4.78, 5) is 31.3. The normalized spacial score (nSPS) is 17.0. The summed E-state index contributed by atoms with van der Waals surface area (Å²) in [6, 6.07) is 9.91. The van der Waals surface area contributed by atoms with Crippen LogP contribution in [0, 0.1) is 12.8 Å². The number of carbonyl (C=O) groups excluding carboxylic acids is 1. The van der Waals surface area contributed by atoms with Gasteiger partial charge in [0.05, 0.1) is 5.54 Å². The zero-order valence-corrected chi connectivity index (χ0v) is 15.1. The van der Waals surface area contributed by atoms with E-state index in [1.54, 1.807) is 6.92 Å². The molecule has 2 N–H and O–H groups in total. The van der Waals surface area contributed by atoms with Crippen LogP contribution in [0.5, 0.6) is 0 Å². The van der Waals surface area contributed by atoms with E-state index in [2.05, 4.69) is 39.6 Å². The Morgan fingerprint density at radius 1 is 1.32 bits per heavy atom. The van der Waals surface area contributed by atoms with Crippen molar-refractivity contribution in [3.63, 3.8) is 0 Å². The molecule has 1 unspecified atom stereocenters. The first-order valence-corrected chi connectivity index (χ1v) is 8.80. The zero-order chi connectivity index (χ0) is 18.0. The summed E-state index contributed by atoms with van der Waals surface area (Å²) in [7, 11) is 0. The van der Waals surface area contributed by atoms with Gasteiger partial charge in [-0.15, -0.1) is 0 Å². The predicted molar refractivity (Wildman–Crippen MR) is 97.3 cm³/mol. The van der Waals surface area contributed by atoms with E-state index >= 15 is 0 Å². The fourth-order valence-electron chi connectivity index (χ4n) is 3.54. The molecule has 1 amide bonds. The molecule has 0 aliphatic heterocycles. The number of amides is 1. The van der Waals surface area contributed by atoms with E-state index in [0.29, 0.717) is 23.9 Å². The van der Waals surface area contributed by atoms with Gasteiger partial charge in [0.1, 0.15) is 5.82 Å². The van der Waals surface area contributed by atoms with Crippen molar-refractivity contribution >= 4 is 5.91 Å². The predicted octanol–water partition coefficient (Wildman–Crippen LogP) is 2.62. The summed E-state index contributed by atoms with van der Waals surface area (Å²) in [5, 5.41) is 3.03. The monoisotopic (exact) mass is 339 g/mol. The summed E-state index contributed by atoms with van der Waals surface area (Å²) < 4.78 is 0. The number of hydrogen-bond donors (Lipinski definition) is 2. The lowest BCUT2D eigenvalue weighted by Crippen LogP contribution is -2.44. The number of aromatic amines is 1. The molecule has 5 nitrogen and oxygen atoms in total. The first-order valence-electron chi connectivity index (χ1n) is 8.80. The van der Waals surface area contributed by atoms with E-state index in [1.165, 1.54) is 17.2 Å². The van der Waals surface area contributed by atoms with Gasteiger partial charge in [-0.05, 0) is 57.1 Å². The van der Waals surface area contributed by atoms with E-state index in [0.717, 1.165) is 19.3 Å². The molecule has 0 saturated heterocycles. The fourth-order valence-corrected chi connectivity index (χ4v) is 3.54. The van der Waals surface area contributed by atoms with Crippen LogP contribution in [0.1, 0.15) is 49.3 Å². The highest BCUT2D eigenvalue weighted by molar-refractivity contribution is 5.77. The van der Waals surface area contributed by atoms with Crippen molar-refractivity contribution in [2.75, 3.05) is 0 Å². The van der Waals surface area contributed by atoms with Gasteiger partial charge in [-0.1, -0.05) is 24.3 Å². The summed E-state index contributed by atoms with van der Waals surface area (Å²) >= 11 is 0. The number of carbonyl (C=O) groups is 1. The summed E-state index contributed by atoms with van der Waals surface area (Å²) in [5.41, 5.74) is 2.49. The Hall–Kier alpha value is -2.43. The second-order valence-electron chi connectivity index (χ2n) is 7.49. The molecule has 1 atom stereocenters. The fraction of sp³-hybridized carbons (Fsp3) is 0.450. The molecule has 1 aliphatic rings. The van der Waals surface area contributed by atoms with Crippen molar-refractivity contribution in [3.05, 3.63) is 63.3 Å². The van der Waals surface area contributed by atoms with Gasteiger partial charge in [-0.2, -0.15) is 0 Å². The third kappa shape index (κ3) is 4.16. The van der Waals surface area contributed by atoms with Crippen molar-refractivity contribution in [2.45, 2.75) is 52.0 Å². The molecule has 1 aliphatic carbocycles. The average Bonchev–Trinajstić information content (AvgIpc) is 2.53. The number of nitrogens with zero attached hydrogens (tertiary/aromatic N) is 1. The molecular weight excluding hydrogens is 314 g/mol. The number of H-pyrrole nitrogens is 1. The smallest absolute Gasteiger partial charge is 0.251 e. The van der Waals surface area contributed by atoms with Gasteiger partial charge in [0.25, 0.3) is 5.56 Å². The van der Waals surface area contributed by atoms with Crippen LogP contribution in [0.3, 0.4) is 0 Å². The molecule has 25 heavy (non-hydrogen) atoms. The first kappa shape index (κ1) is 17.4. The van der Waals surface area contributed by atoms with Crippen molar-refractivity contribution in [2.24, 2.45) is 5.92 Å². The Labute approximate surface area is 147 Å². The number of rotatable bonds is 4. The highest BCUT2D eigenvalue weighted by Gasteiger charge is 2.28. The number of benzene rings is 1. The Kier molecular flexibility index (Phi) is 4.75. The zero-order valence-electron chi connectivity index (χ0n) is 15.1. The van der Waals surface area contributed by atoms with Gasteiger partial charge in [-0.25, -0.2) is 4.98 Å². The Bertz CT molecular complexity index is 839. The molecular formula is C20H25N3O2. The van der Waals surface area contributed by atoms with Crippen LogP contribution in [-0.4, -0.2) is 15.9 Å². The quantitative estimate of drug-likeness (QED) is 0.899. The maximum atomic E-state index is 12.6. The number of nitrogens with one attached hydrogen (secondary N) is 2. The number of aryl methyl sites for hydroxylation is 2. The standard InChI is InChI=1S/C20H25N3O2/c1-13-10-17(24)22-19(21-13)20(2,3)23-18(25)12-14-8-9-15-6-4-5-7-16(15)11-14/h4-7,10,14H,8-9,11-12H2,1-3H3,(H,23,25)(H,21,22,24). The lowest BCUT2D eigenvalue weighted by molar-refractivity contribution is -0.123. The van der Waals surface area contributed by atoms with Crippen molar-refractivity contribution in [3.8, 4) is 0 Å². The Balaban J connectivity index is 1.65. The van der Waals surface area contributed by atoms with E-state index < -0.39 is 5.54 Å². The maximum Gasteiger partial charge on any atom is 0.251 e. The third-order valence-electron chi connectivity index (χ3n) is 4.84. The molecule has 0 radical (unpaired) electrons. The van der Waals surface area contributed by atoms with E-state index in [-0.39, 0.29) is 11.5 Å². The molecule has 0 saturated carbocycles. The van der Waals surface area contributed by atoms with Gasteiger partial charge in [0.2, 0.25) is 5.91 Å². The maximum absolute atomic E-state index is 12.6. The van der Waals surface area contributed by atoms with Crippen LogP contribution in [0.2, 0.25) is 0 Å². The molecule has 0 fully saturated rings. The highest BCUT2D eigenvalue weighted by atomic mass is 16.1. The molecule has 0 spiro atoms. The molecule has 1 heterocycles. The second-order valence-corrected chi connectivity index (χ2v) is 7.49. The van der Waals surface area contributed by atoms with Crippen molar-refractivity contribution < 1.29 is 4.79 Å². The third-order valence-corrected chi connectivity index (χ3v) is 4.84. The van der Waals surface area contributed by atoms with Gasteiger partial charge in [0, 0.05) is 18.2 Å². The van der Waals surface area contributed by atoms with Crippen LogP contribution in [-0.2, 0) is 23.2 Å². The van der Waals surface area contributed by atoms with Gasteiger partial charge >= 0.3 is 0 Å². The van der Waals surface area contributed by atoms with Gasteiger partial charge < -0.3 is 10.3 Å².